The van der Waals surface area contributed by atoms with Crippen molar-refractivity contribution in [3.63, 3.8) is 0 Å². The zero-order valence-corrected chi connectivity index (χ0v) is 12.3. The Bertz CT molecular complexity index is 451. The van der Waals surface area contributed by atoms with E-state index in [0.717, 1.165) is 12.8 Å². The standard InChI is InChI=1S/C11H14ClF3NO3S/c1-2-3-4-18-5-6-19-10(17)20-7-8(11(13,14)15)16-9(20)12/h7H,2-6H2,1H3/q+1. The topological polar surface area (TPSA) is 48.4 Å². The first-order valence-corrected chi connectivity index (χ1v) is 7.53. The van der Waals surface area contributed by atoms with E-state index < -0.39 is 32.1 Å². The molecule has 9 heteroatoms. The number of unbranched alkanes of at least 4 members (excludes halogenated alkanes) is 1. The maximum Gasteiger partial charge on any atom is 0.557 e. The second kappa shape index (κ2) is 7.80. The highest BCUT2D eigenvalue weighted by atomic mass is 35.5. The number of ether oxygens (including phenoxy) is 2. The summed E-state index contributed by atoms with van der Waals surface area (Å²) in [7, 11) is -1.59. The Morgan fingerprint density at radius 1 is 1.40 bits per heavy atom. The van der Waals surface area contributed by atoms with Crippen LogP contribution < -0.4 is 0 Å². The van der Waals surface area contributed by atoms with E-state index >= 15 is 0 Å². The van der Waals surface area contributed by atoms with E-state index in [0.29, 0.717) is 12.0 Å². The minimum Gasteiger partial charge on any atom is -0.419 e. The lowest BCUT2D eigenvalue weighted by molar-refractivity contribution is -0.140. The van der Waals surface area contributed by atoms with E-state index in [4.69, 9.17) is 21.1 Å². The average Bonchev–Trinajstić information content (AvgIpc) is 2.75. The van der Waals surface area contributed by atoms with Gasteiger partial charge in [0.1, 0.15) is 17.1 Å². The van der Waals surface area contributed by atoms with Crippen LogP contribution in [-0.2, 0) is 15.7 Å². The monoisotopic (exact) mass is 332 g/mol. The number of hydrogen-bond acceptors (Lipinski definition) is 4. The molecule has 0 bridgehead atoms. The van der Waals surface area contributed by atoms with Gasteiger partial charge in [0.15, 0.2) is 5.38 Å². The molecule has 0 aliphatic heterocycles. The Morgan fingerprint density at radius 2 is 2.10 bits per heavy atom. The van der Waals surface area contributed by atoms with Crippen molar-refractivity contribution in [3.05, 3.63) is 15.5 Å². The van der Waals surface area contributed by atoms with Crippen LogP contribution in [0.4, 0.5) is 18.0 Å². The van der Waals surface area contributed by atoms with Gasteiger partial charge in [0.25, 0.3) is 0 Å². The van der Waals surface area contributed by atoms with Crippen LogP contribution in [0.2, 0.25) is 4.47 Å². The first-order chi connectivity index (χ1) is 9.36. The molecule has 0 saturated heterocycles. The van der Waals surface area contributed by atoms with Gasteiger partial charge in [-0.15, -0.1) is 0 Å². The summed E-state index contributed by atoms with van der Waals surface area (Å²) in [6.45, 7) is 2.75. The van der Waals surface area contributed by atoms with Crippen molar-refractivity contribution in [1.29, 1.82) is 0 Å². The molecule has 0 aliphatic rings. The fourth-order valence-corrected chi connectivity index (χ4v) is 2.73. The number of carbonyl (C=O) groups excluding carboxylic acids is 1. The van der Waals surface area contributed by atoms with Crippen LogP contribution in [0.15, 0.2) is 5.38 Å². The molecule has 0 amide bonds. The minimum absolute atomic E-state index is 0.0224. The van der Waals surface area contributed by atoms with E-state index in [1.165, 1.54) is 0 Å². The van der Waals surface area contributed by atoms with Crippen LogP contribution in [0.3, 0.4) is 0 Å². The molecule has 1 rings (SSSR count). The van der Waals surface area contributed by atoms with Gasteiger partial charge in [-0.2, -0.15) is 22.9 Å². The van der Waals surface area contributed by atoms with Crippen LogP contribution in [0.5, 0.6) is 0 Å². The molecule has 1 aromatic rings. The van der Waals surface area contributed by atoms with Crippen LogP contribution in [0.25, 0.3) is 0 Å². The van der Waals surface area contributed by atoms with Crippen molar-refractivity contribution in [2.75, 3.05) is 19.8 Å². The molecule has 1 unspecified atom stereocenters. The van der Waals surface area contributed by atoms with Crippen molar-refractivity contribution in [2.24, 2.45) is 0 Å². The highest BCUT2D eigenvalue weighted by Gasteiger charge is 2.41. The molecule has 0 aliphatic carbocycles. The molecule has 0 fully saturated rings. The highest BCUT2D eigenvalue weighted by Crippen LogP contribution is 2.38. The maximum absolute atomic E-state index is 12.4. The summed E-state index contributed by atoms with van der Waals surface area (Å²) in [5.41, 5.74) is -1.16. The number of halogens is 4. The number of thiazole rings is 1. The molecular weight excluding hydrogens is 319 g/mol. The lowest BCUT2D eigenvalue weighted by Crippen LogP contribution is -2.08. The zero-order chi connectivity index (χ0) is 15.2. The summed E-state index contributed by atoms with van der Waals surface area (Å²) in [5.74, 6) is 0. The summed E-state index contributed by atoms with van der Waals surface area (Å²) in [4.78, 5) is 14.7. The van der Waals surface area contributed by atoms with Crippen LogP contribution >= 0.6 is 22.1 Å². The van der Waals surface area contributed by atoms with Gasteiger partial charge in [-0.1, -0.05) is 13.3 Å². The summed E-state index contributed by atoms with van der Waals surface area (Å²) in [5, 5.41) is -0.153. The van der Waals surface area contributed by atoms with Gasteiger partial charge in [-0.25, -0.2) is 0 Å². The molecule has 1 heterocycles. The van der Waals surface area contributed by atoms with Crippen molar-refractivity contribution >= 4 is 27.4 Å². The second-order valence-corrected chi connectivity index (χ2v) is 5.98. The van der Waals surface area contributed by atoms with E-state index in [9.17, 15) is 18.0 Å². The molecule has 0 aromatic carbocycles. The molecule has 1 aromatic heterocycles. The van der Waals surface area contributed by atoms with E-state index in [2.05, 4.69) is 4.98 Å². The van der Waals surface area contributed by atoms with Crippen molar-refractivity contribution in [3.8, 4) is 0 Å². The minimum atomic E-state index is -4.62. The Balaban J connectivity index is 2.46. The zero-order valence-electron chi connectivity index (χ0n) is 10.7. The number of rotatable bonds is 7. The number of carbonyl (C=O) groups is 1. The van der Waals surface area contributed by atoms with Gasteiger partial charge in [-0.05, 0) is 18.0 Å². The number of aromatic nitrogens is 1. The maximum atomic E-state index is 12.4. The van der Waals surface area contributed by atoms with Crippen LogP contribution in [-0.4, -0.2) is 30.1 Å². The summed E-state index contributed by atoms with van der Waals surface area (Å²) in [6, 6.07) is 0. The van der Waals surface area contributed by atoms with Gasteiger partial charge in [0, 0.05) is 6.61 Å². The first kappa shape index (κ1) is 17.2. The molecular formula is C11H14ClF3NO3S+. The van der Waals surface area contributed by atoms with Crippen LogP contribution in [0, 0.1) is 0 Å². The summed E-state index contributed by atoms with van der Waals surface area (Å²) < 4.78 is 46.7. The highest BCUT2D eigenvalue weighted by molar-refractivity contribution is 7.51. The predicted molar refractivity (Wildman–Crippen MR) is 69.2 cm³/mol. The third-order valence-corrected chi connectivity index (χ3v) is 4.15. The Hall–Kier alpha value is -0.860. The van der Waals surface area contributed by atoms with E-state index in [-0.39, 0.29) is 13.2 Å². The first-order valence-electron chi connectivity index (χ1n) is 5.87. The van der Waals surface area contributed by atoms with Gasteiger partial charge < -0.3 is 9.47 Å². The van der Waals surface area contributed by atoms with Crippen molar-refractivity contribution < 1.29 is 27.4 Å². The number of hydrogen-bond donors (Lipinski definition) is 0. The number of alkyl halides is 3. The van der Waals surface area contributed by atoms with Crippen LogP contribution in [0.1, 0.15) is 25.5 Å². The molecule has 0 N–H and O–H groups in total. The number of nitrogens with zero attached hydrogens (tertiary/aromatic N) is 1. The van der Waals surface area contributed by atoms with Gasteiger partial charge in [-0.3, -0.25) is 0 Å². The normalized spacial score (nSPS) is 12.6. The van der Waals surface area contributed by atoms with Gasteiger partial charge in [0.05, 0.1) is 6.61 Å². The third-order valence-electron chi connectivity index (χ3n) is 2.18. The smallest absolute Gasteiger partial charge is 0.419 e. The van der Waals surface area contributed by atoms with Gasteiger partial charge >= 0.3 is 15.9 Å². The molecule has 20 heavy (non-hydrogen) atoms. The molecule has 0 saturated carbocycles. The van der Waals surface area contributed by atoms with Gasteiger partial charge in [0.2, 0.25) is 5.69 Å². The average molecular weight is 333 g/mol. The quantitative estimate of drug-likeness (QED) is 0.424. The molecule has 1 atom stereocenters. The predicted octanol–water partition coefficient (Wildman–Crippen LogP) is 4.30. The fourth-order valence-electron chi connectivity index (χ4n) is 1.17. The lowest BCUT2D eigenvalue weighted by atomic mass is 10.4. The fraction of sp³-hybridized carbons (Fsp3) is 0.636. The van der Waals surface area contributed by atoms with E-state index in [1.807, 2.05) is 6.92 Å². The second-order valence-electron chi connectivity index (χ2n) is 3.77. The van der Waals surface area contributed by atoms with E-state index in [1.54, 1.807) is 0 Å². The molecule has 0 spiro atoms. The Kier molecular flexibility index (Phi) is 6.70. The Morgan fingerprint density at radius 3 is 2.65 bits per heavy atom. The largest absolute Gasteiger partial charge is 0.557 e. The Labute approximate surface area is 121 Å². The molecule has 4 nitrogen and oxygen atoms in total. The molecule has 114 valence electrons. The molecule has 0 radical (unpaired) electrons. The third kappa shape index (κ3) is 5.26. The summed E-state index contributed by atoms with van der Waals surface area (Å²) in [6.07, 6.45) is -2.74. The van der Waals surface area contributed by atoms with Crippen molar-refractivity contribution in [1.82, 2.24) is 4.98 Å². The summed E-state index contributed by atoms with van der Waals surface area (Å²) >= 11 is 5.53. The lowest BCUT2D eigenvalue weighted by Gasteiger charge is -2.01. The SMILES string of the molecule is CCCCOCCOC(=O)[s+]1cc(C(F)(F)F)nc1Cl. The van der Waals surface area contributed by atoms with Crippen molar-refractivity contribution in [2.45, 2.75) is 25.9 Å².